The van der Waals surface area contributed by atoms with Crippen molar-refractivity contribution in [3.63, 3.8) is 0 Å². The number of hydrogen-bond donors (Lipinski definition) is 2. The topological polar surface area (TPSA) is 76.1 Å². The normalized spacial score (nSPS) is 10.3. The van der Waals surface area contributed by atoms with Gasteiger partial charge in [-0.05, 0) is 43.7 Å². The minimum atomic E-state index is -0.334. The Morgan fingerprint density at radius 3 is 2.48 bits per heavy atom. The maximum Gasteiger partial charge on any atom is 0.276 e. The van der Waals surface area contributed by atoms with Crippen molar-refractivity contribution >= 4 is 17.4 Å². The lowest BCUT2D eigenvalue weighted by molar-refractivity contribution is 0.102. The molecule has 1 heterocycles. The number of ether oxygens (including phenoxy) is 1. The minimum Gasteiger partial charge on any atom is -0.492 e. The summed E-state index contributed by atoms with van der Waals surface area (Å²) in [5.41, 5.74) is 3.21. The van der Waals surface area contributed by atoms with Gasteiger partial charge in [0, 0.05) is 6.54 Å². The number of aromatic nitrogens is 2. The van der Waals surface area contributed by atoms with Gasteiger partial charge >= 0.3 is 0 Å². The van der Waals surface area contributed by atoms with E-state index in [0.717, 1.165) is 5.56 Å². The molecule has 0 aliphatic heterocycles. The number of carbonyl (C=O) groups is 1. The van der Waals surface area contributed by atoms with Crippen molar-refractivity contribution in [3.8, 4) is 5.75 Å². The first kappa shape index (κ1) is 18.4. The lowest BCUT2D eigenvalue weighted by Crippen LogP contribution is -2.15. The predicted molar refractivity (Wildman–Crippen MR) is 106 cm³/mol. The van der Waals surface area contributed by atoms with Gasteiger partial charge in [-0.1, -0.05) is 42.0 Å². The zero-order valence-electron chi connectivity index (χ0n) is 15.4. The Morgan fingerprint density at radius 2 is 1.78 bits per heavy atom. The van der Waals surface area contributed by atoms with Crippen molar-refractivity contribution in [1.82, 2.24) is 10.2 Å². The highest BCUT2D eigenvalue weighted by Crippen LogP contribution is 2.24. The fourth-order valence-corrected chi connectivity index (χ4v) is 2.48. The van der Waals surface area contributed by atoms with Crippen LogP contribution in [0.25, 0.3) is 0 Å². The van der Waals surface area contributed by atoms with Crippen molar-refractivity contribution in [3.05, 3.63) is 77.5 Å². The monoisotopic (exact) mass is 362 g/mol. The van der Waals surface area contributed by atoms with E-state index in [0.29, 0.717) is 30.4 Å². The van der Waals surface area contributed by atoms with Gasteiger partial charge in [-0.3, -0.25) is 4.79 Å². The molecule has 3 aromatic rings. The van der Waals surface area contributed by atoms with E-state index in [4.69, 9.17) is 4.74 Å². The highest BCUT2D eigenvalue weighted by Gasteiger charge is 2.11. The Hall–Kier alpha value is -3.41. The van der Waals surface area contributed by atoms with Crippen molar-refractivity contribution in [1.29, 1.82) is 0 Å². The number of para-hydroxylation sites is 2. The maximum atomic E-state index is 12.4. The van der Waals surface area contributed by atoms with Gasteiger partial charge in [0.2, 0.25) is 0 Å². The molecule has 0 spiro atoms. The summed E-state index contributed by atoms with van der Waals surface area (Å²) in [6, 6.07) is 18.9. The van der Waals surface area contributed by atoms with Crippen molar-refractivity contribution in [2.75, 3.05) is 17.2 Å². The molecule has 0 atom stereocenters. The Bertz CT molecular complexity index is 893. The summed E-state index contributed by atoms with van der Waals surface area (Å²) in [5, 5.41) is 14.1. The van der Waals surface area contributed by atoms with Crippen LogP contribution < -0.4 is 15.4 Å². The molecule has 2 N–H and O–H groups in total. The summed E-state index contributed by atoms with van der Waals surface area (Å²) >= 11 is 0. The van der Waals surface area contributed by atoms with Crippen LogP contribution in [0, 0.1) is 6.92 Å². The third-order valence-electron chi connectivity index (χ3n) is 3.93. The molecule has 1 aromatic heterocycles. The molecule has 0 unspecified atom stereocenters. The van der Waals surface area contributed by atoms with E-state index in [9.17, 15) is 4.79 Å². The van der Waals surface area contributed by atoms with Gasteiger partial charge in [0.1, 0.15) is 11.6 Å². The molecular formula is C21H22N4O2. The first-order valence-corrected chi connectivity index (χ1v) is 8.82. The van der Waals surface area contributed by atoms with Gasteiger partial charge < -0.3 is 15.4 Å². The number of carbonyl (C=O) groups excluding carboxylic acids is 1. The second kappa shape index (κ2) is 8.80. The quantitative estimate of drug-likeness (QED) is 0.663. The van der Waals surface area contributed by atoms with Crippen LogP contribution in [0.5, 0.6) is 5.75 Å². The Kier molecular flexibility index (Phi) is 5.99. The van der Waals surface area contributed by atoms with Crippen LogP contribution in [0.15, 0.2) is 60.7 Å². The Labute approximate surface area is 158 Å². The zero-order chi connectivity index (χ0) is 19.1. The smallest absolute Gasteiger partial charge is 0.276 e. The van der Waals surface area contributed by atoms with Crippen molar-refractivity contribution in [2.24, 2.45) is 0 Å². The van der Waals surface area contributed by atoms with Crippen LogP contribution in [0.2, 0.25) is 0 Å². The average molecular weight is 362 g/mol. The Morgan fingerprint density at radius 1 is 1.00 bits per heavy atom. The molecule has 6 heteroatoms. The number of anilines is 2. The fraction of sp³-hybridized carbons (Fsp3) is 0.190. The first-order chi connectivity index (χ1) is 13.2. The van der Waals surface area contributed by atoms with E-state index < -0.39 is 0 Å². The second-order valence-electron chi connectivity index (χ2n) is 6.03. The summed E-state index contributed by atoms with van der Waals surface area (Å²) in [5.74, 6) is 0.902. The number of hydrogen-bond acceptors (Lipinski definition) is 5. The third-order valence-corrected chi connectivity index (χ3v) is 3.93. The number of nitrogens with zero attached hydrogens (tertiary/aromatic N) is 2. The highest BCUT2D eigenvalue weighted by atomic mass is 16.5. The molecule has 0 aliphatic rings. The summed E-state index contributed by atoms with van der Waals surface area (Å²) in [6.07, 6.45) is 0. The molecule has 1 amide bonds. The van der Waals surface area contributed by atoms with Gasteiger partial charge in [0.15, 0.2) is 5.69 Å². The lowest BCUT2D eigenvalue weighted by Gasteiger charge is -2.11. The van der Waals surface area contributed by atoms with Crippen molar-refractivity contribution < 1.29 is 9.53 Å². The van der Waals surface area contributed by atoms with Crippen molar-refractivity contribution in [2.45, 2.75) is 20.4 Å². The van der Waals surface area contributed by atoms with Crippen LogP contribution in [-0.2, 0) is 6.54 Å². The Balaban J connectivity index is 1.61. The van der Waals surface area contributed by atoms with Gasteiger partial charge in [0.25, 0.3) is 5.91 Å². The molecule has 0 bridgehead atoms. The second-order valence-corrected chi connectivity index (χ2v) is 6.03. The highest BCUT2D eigenvalue weighted by molar-refractivity contribution is 6.03. The van der Waals surface area contributed by atoms with Gasteiger partial charge in [0.05, 0.1) is 12.3 Å². The maximum absolute atomic E-state index is 12.4. The first-order valence-electron chi connectivity index (χ1n) is 8.82. The van der Waals surface area contributed by atoms with E-state index in [1.165, 1.54) is 5.56 Å². The third kappa shape index (κ3) is 5.04. The number of rotatable bonds is 7. The predicted octanol–water partition coefficient (Wildman–Crippen LogP) is 4.05. The summed E-state index contributed by atoms with van der Waals surface area (Å²) in [7, 11) is 0. The molecular weight excluding hydrogens is 340 g/mol. The fourth-order valence-electron chi connectivity index (χ4n) is 2.48. The molecule has 27 heavy (non-hydrogen) atoms. The van der Waals surface area contributed by atoms with Crippen LogP contribution in [-0.4, -0.2) is 22.7 Å². The van der Waals surface area contributed by atoms with E-state index in [-0.39, 0.29) is 11.6 Å². The lowest BCUT2D eigenvalue weighted by atomic mass is 10.1. The molecule has 6 nitrogen and oxygen atoms in total. The minimum absolute atomic E-state index is 0.238. The number of nitrogens with one attached hydrogen (secondary N) is 2. The van der Waals surface area contributed by atoms with E-state index in [2.05, 4.69) is 52.0 Å². The number of benzene rings is 2. The van der Waals surface area contributed by atoms with Gasteiger partial charge in [-0.15, -0.1) is 10.2 Å². The molecule has 3 rings (SSSR count). The van der Waals surface area contributed by atoms with Gasteiger partial charge in [-0.2, -0.15) is 0 Å². The standard InChI is InChI=1S/C21H22N4O2/c1-3-27-19-7-5-4-6-17(19)23-21(26)18-12-13-20(25-24-18)22-14-16-10-8-15(2)9-11-16/h4-13H,3,14H2,1-2H3,(H,22,25)(H,23,26). The SMILES string of the molecule is CCOc1ccccc1NC(=O)c1ccc(NCc2ccc(C)cc2)nn1. The summed E-state index contributed by atoms with van der Waals surface area (Å²) in [4.78, 5) is 12.4. The number of amides is 1. The van der Waals surface area contributed by atoms with Gasteiger partial charge in [-0.25, -0.2) is 0 Å². The molecule has 138 valence electrons. The van der Waals surface area contributed by atoms with Crippen LogP contribution in [0.1, 0.15) is 28.5 Å². The molecule has 2 aromatic carbocycles. The molecule has 0 saturated carbocycles. The average Bonchev–Trinajstić information content (AvgIpc) is 2.69. The van der Waals surface area contributed by atoms with E-state index >= 15 is 0 Å². The number of aryl methyl sites for hydroxylation is 1. The molecule has 0 saturated heterocycles. The van der Waals surface area contributed by atoms with Crippen LogP contribution >= 0.6 is 0 Å². The van der Waals surface area contributed by atoms with E-state index in [1.807, 2.05) is 25.1 Å². The summed E-state index contributed by atoms with van der Waals surface area (Å²) in [6.45, 7) is 5.11. The zero-order valence-corrected chi connectivity index (χ0v) is 15.4. The molecule has 0 aliphatic carbocycles. The summed E-state index contributed by atoms with van der Waals surface area (Å²) < 4.78 is 5.51. The van der Waals surface area contributed by atoms with Crippen LogP contribution in [0.3, 0.4) is 0 Å². The molecule has 0 fully saturated rings. The largest absolute Gasteiger partial charge is 0.492 e. The van der Waals surface area contributed by atoms with E-state index in [1.54, 1.807) is 18.2 Å². The molecule has 0 radical (unpaired) electrons. The van der Waals surface area contributed by atoms with Crippen LogP contribution in [0.4, 0.5) is 11.5 Å².